The van der Waals surface area contributed by atoms with Crippen molar-refractivity contribution < 1.29 is 18.7 Å². The number of benzene rings is 1. The predicted molar refractivity (Wildman–Crippen MR) is 83.5 cm³/mol. The maximum atomic E-state index is 13.0. The third-order valence-corrected chi connectivity index (χ3v) is 3.23. The van der Waals surface area contributed by atoms with Crippen LogP contribution in [-0.4, -0.2) is 34.8 Å². The van der Waals surface area contributed by atoms with Gasteiger partial charge in [0, 0.05) is 11.6 Å². The minimum absolute atomic E-state index is 0.352. The second-order valence-corrected chi connectivity index (χ2v) is 5.03. The summed E-state index contributed by atoms with van der Waals surface area (Å²) in [4.78, 5) is 35.0. The largest absolute Gasteiger partial charge is 0.467 e. The van der Waals surface area contributed by atoms with E-state index < -0.39 is 23.5 Å². The van der Waals surface area contributed by atoms with Gasteiger partial charge in [0.05, 0.1) is 12.8 Å². The van der Waals surface area contributed by atoms with E-state index in [0.717, 1.165) is 4.68 Å². The summed E-state index contributed by atoms with van der Waals surface area (Å²) in [7, 11) is 1.21. The average Bonchev–Trinajstić information content (AvgIpc) is 2.56. The summed E-state index contributed by atoms with van der Waals surface area (Å²) >= 11 is 0. The molecule has 0 spiro atoms. The fourth-order valence-corrected chi connectivity index (χ4v) is 2.00. The molecule has 1 atom stereocenters. The lowest BCUT2D eigenvalue weighted by Gasteiger charge is -2.12. The van der Waals surface area contributed by atoms with Gasteiger partial charge in [0.25, 0.3) is 5.56 Å². The molecule has 24 heavy (non-hydrogen) atoms. The monoisotopic (exact) mass is 333 g/mol. The van der Waals surface area contributed by atoms with E-state index in [2.05, 4.69) is 15.2 Å². The number of methoxy groups -OCH3 is 1. The Hall–Kier alpha value is -3.03. The molecule has 1 aromatic carbocycles. The van der Waals surface area contributed by atoms with Crippen molar-refractivity contribution in [3.63, 3.8) is 0 Å². The number of rotatable bonds is 5. The molecule has 0 saturated heterocycles. The first-order chi connectivity index (χ1) is 11.4. The van der Waals surface area contributed by atoms with E-state index in [9.17, 15) is 18.8 Å². The number of carbonyl (C=O) groups is 2. The van der Waals surface area contributed by atoms with E-state index in [4.69, 9.17) is 0 Å². The Balaban J connectivity index is 2.17. The molecule has 1 unspecified atom stereocenters. The Kier molecular flexibility index (Phi) is 5.41. The van der Waals surface area contributed by atoms with Crippen LogP contribution in [0.3, 0.4) is 0 Å². The van der Waals surface area contributed by atoms with Crippen LogP contribution in [0, 0.1) is 5.82 Å². The van der Waals surface area contributed by atoms with Crippen LogP contribution in [0.2, 0.25) is 0 Å². The van der Waals surface area contributed by atoms with Crippen molar-refractivity contribution in [1.29, 1.82) is 0 Å². The molecule has 0 fully saturated rings. The van der Waals surface area contributed by atoms with Crippen molar-refractivity contribution in [2.45, 2.75) is 19.5 Å². The molecule has 1 aromatic heterocycles. The van der Waals surface area contributed by atoms with Gasteiger partial charge in [-0.05, 0) is 37.3 Å². The molecule has 0 aliphatic carbocycles. The maximum absolute atomic E-state index is 13.0. The average molecular weight is 333 g/mol. The molecule has 0 aliphatic heterocycles. The molecule has 1 N–H and O–H groups in total. The van der Waals surface area contributed by atoms with Crippen molar-refractivity contribution in [2.24, 2.45) is 0 Å². The summed E-state index contributed by atoms with van der Waals surface area (Å²) in [6.07, 6.45) is 0. The van der Waals surface area contributed by atoms with Crippen LogP contribution < -0.4 is 10.9 Å². The molecule has 1 amide bonds. The van der Waals surface area contributed by atoms with Crippen molar-refractivity contribution in [3.8, 4) is 11.3 Å². The van der Waals surface area contributed by atoms with Gasteiger partial charge in [-0.25, -0.2) is 13.9 Å². The fourth-order valence-electron chi connectivity index (χ4n) is 2.00. The molecule has 126 valence electrons. The second kappa shape index (κ2) is 7.49. The normalized spacial score (nSPS) is 11.6. The van der Waals surface area contributed by atoms with E-state index in [1.54, 1.807) is 0 Å². The summed E-state index contributed by atoms with van der Waals surface area (Å²) < 4.78 is 18.4. The minimum atomic E-state index is -0.835. The molecule has 7 nitrogen and oxygen atoms in total. The van der Waals surface area contributed by atoms with E-state index in [1.165, 1.54) is 50.4 Å². The van der Waals surface area contributed by atoms with Crippen molar-refractivity contribution in [3.05, 3.63) is 52.6 Å². The lowest BCUT2D eigenvalue weighted by atomic mass is 10.1. The van der Waals surface area contributed by atoms with E-state index in [1.807, 2.05) is 0 Å². The smallest absolute Gasteiger partial charge is 0.328 e. The zero-order valence-electron chi connectivity index (χ0n) is 13.2. The Bertz CT molecular complexity index is 802. The van der Waals surface area contributed by atoms with Crippen LogP contribution >= 0.6 is 0 Å². The standard InChI is InChI=1S/C16H16FN3O4/c1-10(16(23)24-2)18-14(21)9-20-15(22)8-7-13(19-20)11-3-5-12(17)6-4-11/h3-8,10H,9H2,1-2H3,(H,18,21). The van der Waals surface area contributed by atoms with Gasteiger partial charge in [0.2, 0.25) is 5.91 Å². The number of amides is 1. The molecule has 0 saturated carbocycles. The quantitative estimate of drug-likeness (QED) is 0.815. The molecule has 8 heteroatoms. The van der Waals surface area contributed by atoms with Gasteiger partial charge < -0.3 is 10.1 Å². The molecule has 2 aromatic rings. The molecule has 1 heterocycles. The topological polar surface area (TPSA) is 90.3 Å². The lowest BCUT2D eigenvalue weighted by Crippen LogP contribution is -2.42. The highest BCUT2D eigenvalue weighted by Gasteiger charge is 2.16. The third-order valence-electron chi connectivity index (χ3n) is 3.23. The van der Waals surface area contributed by atoms with E-state index >= 15 is 0 Å². The van der Waals surface area contributed by atoms with Gasteiger partial charge in [-0.2, -0.15) is 5.10 Å². The predicted octanol–water partition coefficient (Wildman–Crippen LogP) is 0.727. The Morgan fingerprint density at radius 2 is 1.92 bits per heavy atom. The van der Waals surface area contributed by atoms with Crippen molar-refractivity contribution in [2.75, 3.05) is 7.11 Å². The Labute approximate surface area is 137 Å². The lowest BCUT2D eigenvalue weighted by molar-refractivity contribution is -0.144. The summed E-state index contributed by atoms with van der Waals surface area (Å²) in [5.41, 5.74) is 0.554. The zero-order valence-corrected chi connectivity index (χ0v) is 13.2. The first-order valence-electron chi connectivity index (χ1n) is 7.12. The summed E-state index contributed by atoms with van der Waals surface area (Å²) in [6.45, 7) is 1.12. The van der Waals surface area contributed by atoms with Gasteiger partial charge in [-0.15, -0.1) is 0 Å². The van der Waals surface area contributed by atoms with E-state index in [-0.39, 0.29) is 12.4 Å². The number of nitrogens with zero attached hydrogens (tertiary/aromatic N) is 2. The Morgan fingerprint density at radius 1 is 1.25 bits per heavy atom. The molecular weight excluding hydrogens is 317 g/mol. The number of hydrogen-bond donors (Lipinski definition) is 1. The maximum Gasteiger partial charge on any atom is 0.328 e. The summed E-state index contributed by atoms with van der Waals surface area (Å²) in [5.74, 6) is -1.54. The molecule has 2 rings (SSSR count). The van der Waals surface area contributed by atoms with Crippen LogP contribution in [0.15, 0.2) is 41.2 Å². The number of nitrogens with one attached hydrogen (secondary N) is 1. The number of esters is 1. The van der Waals surface area contributed by atoms with Crippen molar-refractivity contribution in [1.82, 2.24) is 15.1 Å². The highest BCUT2D eigenvalue weighted by molar-refractivity contribution is 5.83. The minimum Gasteiger partial charge on any atom is -0.467 e. The van der Waals surface area contributed by atoms with Gasteiger partial charge in [0.15, 0.2) is 0 Å². The van der Waals surface area contributed by atoms with Crippen LogP contribution in [0.1, 0.15) is 6.92 Å². The molecular formula is C16H16FN3O4. The van der Waals surface area contributed by atoms with Crippen LogP contribution in [0.4, 0.5) is 4.39 Å². The van der Waals surface area contributed by atoms with Crippen LogP contribution in [0.5, 0.6) is 0 Å². The summed E-state index contributed by atoms with van der Waals surface area (Å²) in [6, 6.07) is 7.51. The molecule has 0 bridgehead atoms. The van der Waals surface area contributed by atoms with Gasteiger partial charge in [0.1, 0.15) is 18.4 Å². The van der Waals surface area contributed by atoms with Crippen LogP contribution in [-0.2, 0) is 20.9 Å². The number of carbonyl (C=O) groups excluding carboxylic acids is 2. The van der Waals surface area contributed by atoms with E-state index in [0.29, 0.717) is 11.3 Å². The zero-order chi connectivity index (χ0) is 17.7. The van der Waals surface area contributed by atoms with Gasteiger partial charge in [-0.1, -0.05) is 0 Å². The SMILES string of the molecule is COC(=O)C(C)NC(=O)Cn1nc(-c2ccc(F)cc2)ccc1=O. The fraction of sp³-hybridized carbons (Fsp3) is 0.250. The first kappa shape index (κ1) is 17.3. The molecule has 0 aliphatic rings. The number of halogens is 1. The van der Waals surface area contributed by atoms with Gasteiger partial charge in [-0.3, -0.25) is 9.59 Å². The number of aromatic nitrogens is 2. The first-order valence-corrected chi connectivity index (χ1v) is 7.12. The highest BCUT2D eigenvalue weighted by Crippen LogP contribution is 2.15. The highest BCUT2D eigenvalue weighted by atomic mass is 19.1. The number of ether oxygens (including phenoxy) is 1. The Morgan fingerprint density at radius 3 is 2.54 bits per heavy atom. The summed E-state index contributed by atoms with van der Waals surface area (Å²) in [5, 5.41) is 6.50. The third kappa shape index (κ3) is 4.25. The number of hydrogen-bond acceptors (Lipinski definition) is 5. The van der Waals surface area contributed by atoms with Gasteiger partial charge >= 0.3 is 5.97 Å². The second-order valence-electron chi connectivity index (χ2n) is 5.03. The van der Waals surface area contributed by atoms with Crippen molar-refractivity contribution >= 4 is 11.9 Å². The molecule has 0 radical (unpaired) electrons. The van der Waals surface area contributed by atoms with Crippen LogP contribution in [0.25, 0.3) is 11.3 Å².